The Kier molecular flexibility index (Phi) is 4.25. The highest BCUT2D eigenvalue weighted by Crippen LogP contribution is 2.44. The van der Waals surface area contributed by atoms with E-state index in [-0.39, 0.29) is 4.90 Å². The summed E-state index contributed by atoms with van der Waals surface area (Å²) in [5, 5.41) is 0.514. The molecule has 1 aliphatic rings. The topological polar surface area (TPSA) is 37.4 Å². The van der Waals surface area contributed by atoms with Crippen LogP contribution in [0.2, 0.25) is 5.02 Å². The lowest BCUT2D eigenvalue weighted by molar-refractivity contribution is 0.560. The molecule has 0 spiro atoms. The number of allylic oxidation sites excluding steroid dienone is 1. The van der Waals surface area contributed by atoms with E-state index >= 15 is 0 Å². The van der Waals surface area contributed by atoms with Crippen LogP contribution >= 0.6 is 11.6 Å². The normalized spacial score (nSPS) is 16.4. The van der Waals surface area contributed by atoms with E-state index in [4.69, 9.17) is 11.6 Å². The van der Waals surface area contributed by atoms with Crippen LogP contribution < -0.4 is 4.31 Å². The number of fused-ring (bicyclic) bond motifs is 1. The Bertz CT molecular complexity index is 974. The number of aryl methyl sites for hydroxylation is 2. The lowest BCUT2D eigenvalue weighted by Gasteiger charge is -2.43. The van der Waals surface area contributed by atoms with Gasteiger partial charge in [-0.05, 0) is 76.1 Å². The van der Waals surface area contributed by atoms with Crippen molar-refractivity contribution in [3.63, 3.8) is 0 Å². The van der Waals surface area contributed by atoms with Gasteiger partial charge in [0, 0.05) is 10.6 Å². The first-order valence-electron chi connectivity index (χ1n) is 8.16. The lowest BCUT2D eigenvalue weighted by atomic mass is 9.88. The highest BCUT2D eigenvalue weighted by Gasteiger charge is 2.41. The van der Waals surface area contributed by atoms with E-state index in [1.807, 2.05) is 52.8 Å². The Balaban J connectivity index is 2.30. The van der Waals surface area contributed by atoms with Crippen molar-refractivity contribution < 1.29 is 8.42 Å². The van der Waals surface area contributed by atoms with Gasteiger partial charge in [-0.2, -0.15) is 0 Å². The zero-order valence-corrected chi connectivity index (χ0v) is 16.7. The summed E-state index contributed by atoms with van der Waals surface area (Å²) in [6.45, 7) is 9.87. The molecule has 25 heavy (non-hydrogen) atoms. The maximum atomic E-state index is 13.5. The molecule has 0 N–H and O–H groups in total. The summed E-state index contributed by atoms with van der Waals surface area (Å²) >= 11 is 5.93. The molecular formula is C20H22ClNO2S. The number of anilines is 1. The molecule has 2 aromatic carbocycles. The lowest BCUT2D eigenvalue weighted by Crippen LogP contribution is -2.49. The van der Waals surface area contributed by atoms with Crippen LogP contribution in [-0.2, 0) is 10.0 Å². The number of halogens is 1. The van der Waals surface area contributed by atoms with Crippen LogP contribution in [0.5, 0.6) is 0 Å². The summed E-state index contributed by atoms with van der Waals surface area (Å²) in [7, 11) is -3.73. The molecule has 0 aliphatic carbocycles. The third kappa shape index (κ3) is 2.98. The molecule has 0 unspecified atom stereocenters. The number of nitrogens with zero attached hydrogens (tertiary/aromatic N) is 1. The number of rotatable bonds is 2. The predicted octanol–water partition coefficient (Wildman–Crippen LogP) is 5.35. The monoisotopic (exact) mass is 375 g/mol. The van der Waals surface area contributed by atoms with Crippen molar-refractivity contribution in [2.24, 2.45) is 0 Å². The quantitative estimate of drug-likeness (QED) is 0.709. The van der Waals surface area contributed by atoms with E-state index in [2.05, 4.69) is 0 Å². The van der Waals surface area contributed by atoms with Crippen LogP contribution in [0, 0.1) is 13.8 Å². The van der Waals surface area contributed by atoms with Crippen LogP contribution in [0.25, 0.3) is 5.57 Å². The van der Waals surface area contributed by atoms with E-state index in [0.717, 1.165) is 28.0 Å². The summed E-state index contributed by atoms with van der Waals surface area (Å²) < 4.78 is 28.5. The van der Waals surface area contributed by atoms with Gasteiger partial charge < -0.3 is 0 Å². The smallest absolute Gasteiger partial charge is 0.256 e. The molecule has 0 aromatic heterocycles. The Labute approximate surface area is 155 Å². The van der Waals surface area contributed by atoms with Gasteiger partial charge in [0.15, 0.2) is 0 Å². The minimum Gasteiger partial charge on any atom is -0.256 e. The van der Waals surface area contributed by atoms with E-state index in [9.17, 15) is 8.42 Å². The van der Waals surface area contributed by atoms with Gasteiger partial charge in [-0.15, -0.1) is 0 Å². The molecule has 132 valence electrons. The fourth-order valence-corrected chi connectivity index (χ4v) is 5.60. The molecule has 1 aliphatic heterocycles. The molecule has 0 bridgehead atoms. The first-order chi connectivity index (χ1) is 11.5. The van der Waals surface area contributed by atoms with Crippen molar-refractivity contribution in [3.8, 4) is 0 Å². The van der Waals surface area contributed by atoms with Crippen molar-refractivity contribution in [2.45, 2.75) is 45.1 Å². The Morgan fingerprint density at radius 2 is 1.60 bits per heavy atom. The largest absolute Gasteiger partial charge is 0.265 e. The maximum absolute atomic E-state index is 13.5. The third-order valence-corrected chi connectivity index (χ3v) is 6.77. The van der Waals surface area contributed by atoms with Crippen molar-refractivity contribution >= 4 is 32.9 Å². The summed E-state index contributed by atoms with van der Waals surface area (Å²) in [6, 6.07) is 10.4. The summed E-state index contributed by atoms with van der Waals surface area (Å²) in [5.74, 6) is 0. The van der Waals surface area contributed by atoms with Crippen LogP contribution in [0.4, 0.5) is 5.69 Å². The SMILES string of the molecule is CC1=CC(C)(C)N(S(=O)(=O)c2ccc(Cl)cc2)c2c(C)cc(C)cc21. The number of sulfonamides is 1. The second-order valence-electron chi connectivity index (χ2n) is 7.18. The molecule has 2 aromatic rings. The van der Waals surface area contributed by atoms with Crippen LogP contribution in [0.15, 0.2) is 47.4 Å². The van der Waals surface area contributed by atoms with Crippen molar-refractivity contribution in [2.75, 3.05) is 4.31 Å². The minimum atomic E-state index is -3.73. The zero-order chi connectivity index (χ0) is 18.6. The Morgan fingerprint density at radius 3 is 2.20 bits per heavy atom. The molecule has 0 fully saturated rings. The molecule has 0 amide bonds. The van der Waals surface area contributed by atoms with Crippen LogP contribution in [0.1, 0.15) is 37.5 Å². The van der Waals surface area contributed by atoms with E-state index in [1.165, 1.54) is 0 Å². The van der Waals surface area contributed by atoms with E-state index in [1.54, 1.807) is 28.6 Å². The van der Waals surface area contributed by atoms with Gasteiger partial charge in [0.05, 0.1) is 16.1 Å². The van der Waals surface area contributed by atoms with Gasteiger partial charge in [-0.25, -0.2) is 8.42 Å². The van der Waals surface area contributed by atoms with Crippen LogP contribution in [-0.4, -0.2) is 14.0 Å². The van der Waals surface area contributed by atoms with Gasteiger partial charge in [0.1, 0.15) is 0 Å². The number of benzene rings is 2. The zero-order valence-electron chi connectivity index (χ0n) is 15.1. The summed E-state index contributed by atoms with van der Waals surface area (Å²) in [4.78, 5) is 0.240. The molecule has 1 heterocycles. The highest BCUT2D eigenvalue weighted by atomic mass is 35.5. The molecule has 0 radical (unpaired) electrons. The van der Waals surface area contributed by atoms with Crippen molar-refractivity contribution in [3.05, 3.63) is 64.2 Å². The standard InChI is InChI=1S/C20H22ClNO2S/c1-13-10-14(2)19-18(11-13)15(3)12-20(4,5)22(19)25(23,24)17-8-6-16(21)7-9-17/h6-12H,1-5H3. The average Bonchev–Trinajstić information content (AvgIpc) is 2.48. The van der Waals surface area contributed by atoms with Gasteiger partial charge in [0.2, 0.25) is 0 Å². The van der Waals surface area contributed by atoms with E-state index in [0.29, 0.717) is 5.02 Å². The minimum absolute atomic E-state index is 0.240. The molecule has 3 rings (SSSR count). The van der Waals surface area contributed by atoms with Gasteiger partial charge in [-0.3, -0.25) is 4.31 Å². The first-order valence-corrected chi connectivity index (χ1v) is 9.98. The molecule has 0 saturated carbocycles. The van der Waals surface area contributed by atoms with Crippen LogP contribution in [0.3, 0.4) is 0 Å². The van der Waals surface area contributed by atoms with Gasteiger partial charge in [0.25, 0.3) is 10.0 Å². The van der Waals surface area contributed by atoms with Crippen molar-refractivity contribution in [1.82, 2.24) is 0 Å². The second kappa shape index (κ2) is 5.89. The molecule has 0 saturated heterocycles. The third-order valence-electron chi connectivity index (χ3n) is 4.52. The fourth-order valence-electron chi connectivity index (χ4n) is 3.63. The Hall–Kier alpha value is -1.78. The van der Waals surface area contributed by atoms with Crippen molar-refractivity contribution in [1.29, 1.82) is 0 Å². The van der Waals surface area contributed by atoms with E-state index < -0.39 is 15.6 Å². The molecule has 0 atom stereocenters. The second-order valence-corrected chi connectivity index (χ2v) is 9.41. The van der Waals surface area contributed by atoms with Gasteiger partial charge in [-0.1, -0.05) is 29.3 Å². The Morgan fingerprint density at radius 1 is 1.00 bits per heavy atom. The highest BCUT2D eigenvalue weighted by molar-refractivity contribution is 7.93. The number of hydrogen-bond acceptors (Lipinski definition) is 2. The fraction of sp³-hybridized carbons (Fsp3) is 0.300. The molecule has 5 heteroatoms. The average molecular weight is 376 g/mol. The summed E-state index contributed by atoms with van der Waals surface area (Å²) in [5.41, 5.74) is 4.21. The molecule has 3 nitrogen and oxygen atoms in total. The van der Waals surface area contributed by atoms with Gasteiger partial charge >= 0.3 is 0 Å². The molecular weight excluding hydrogens is 354 g/mol. The summed E-state index contributed by atoms with van der Waals surface area (Å²) in [6.07, 6.45) is 2.02. The predicted molar refractivity (Wildman–Crippen MR) is 105 cm³/mol. The first kappa shape index (κ1) is 18.0. The number of hydrogen-bond donors (Lipinski definition) is 0. The maximum Gasteiger partial charge on any atom is 0.265 e.